The van der Waals surface area contributed by atoms with Crippen LogP contribution in [0, 0.1) is 0 Å². The lowest BCUT2D eigenvalue weighted by molar-refractivity contribution is 0.00287. The largest absolute Gasteiger partial charge is 0.508 e. The van der Waals surface area contributed by atoms with E-state index >= 15 is 0 Å². The summed E-state index contributed by atoms with van der Waals surface area (Å²) in [6.07, 6.45) is -1.57. The van der Waals surface area contributed by atoms with E-state index in [1.54, 1.807) is 96.4 Å². The minimum atomic E-state index is -1.44. The topological polar surface area (TPSA) is 215 Å². The van der Waals surface area contributed by atoms with Gasteiger partial charge in [0.25, 0.3) is 5.91 Å². The lowest BCUT2D eigenvalue weighted by Gasteiger charge is -2.36. The number of carbonyl (C=O) groups excluding carboxylic acids is 5. The van der Waals surface area contributed by atoms with Crippen molar-refractivity contribution in [1.29, 1.82) is 0 Å². The molecule has 4 amide bonds. The van der Waals surface area contributed by atoms with Gasteiger partial charge in [0.2, 0.25) is 0 Å². The number of benzene rings is 3. The number of fused-ring (bicyclic) bond motifs is 6. The van der Waals surface area contributed by atoms with Crippen LogP contribution >= 0.6 is 0 Å². The Bertz CT molecular complexity index is 2260. The van der Waals surface area contributed by atoms with Crippen molar-refractivity contribution in [2.24, 2.45) is 0 Å². The summed E-state index contributed by atoms with van der Waals surface area (Å²) in [6.45, 7) is 19.9. The van der Waals surface area contributed by atoms with Gasteiger partial charge in [-0.3, -0.25) is 9.69 Å². The number of aromatic hydroxyl groups is 2. The van der Waals surface area contributed by atoms with Crippen molar-refractivity contribution >= 4 is 30.2 Å². The maximum atomic E-state index is 13.5. The van der Waals surface area contributed by atoms with Crippen LogP contribution in [-0.4, -0.2) is 169 Å². The smallest absolute Gasteiger partial charge is 0.410 e. The molecule has 3 aromatic carbocycles. The Morgan fingerprint density at radius 3 is 1.49 bits per heavy atom. The Hall–Kier alpha value is -6.31. The van der Waals surface area contributed by atoms with E-state index in [1.165, 1.54) is 35.2 Å². The second-order valence-corrected chi connectivity index (χ2v) is 20.0. The molecule has 1 fully saturated rings. The van der Waals surface area contributed by atoms with E-state index in [0.717, 1.165) is 0 Å². The molecule has 19 heteroatoms. The molecule has 0 bridgehead atoms. The van der Waals surface area contributed by atoms with Gasteiger partial charge < -0.3 is 63.4 Å². The van der Waals surface area contributed by atoms with Gasteiger partial charge in [-0.05, 0) is 98.7 Å². The zero-order valence-electron chi connectivity index (χ0n) is 41.2. The molecule has 0 atom stereocenters. The van der Waals surface area contributed by atoms with E-state index in [1.807, 2.05) is 0 Å². The fraction of sp³-hybridized carbons (Fsp3) is 0.540. The number of phenols is 2. The minimum Gasteiger partial charge on any atom is -0.508 e. The van der Waals surface area contributed by atoms with E-state index in [0.29, 0.717) is 42.9 Å². The summed E-state index contributed by atoms with van der Waals surface area (Å²) < 4.78 is 40.9. The van der Waals surface area contributed by atoms with Crippen molar-refractivity contribution < 1.29 is 67.3 Å². The van der Waals surface area contributed by atoms with Gasteiger partial charge in [0.05, 0.1) is 32.0 Å². The maximum Gasteiger partial charge on any atom is 0.410 e. The predicted octanol–water partition coefficient (Wildman–Crippen LogP) is 6.46. The van der Waals surface area contributed by atoms with Crippen molar-refractivity contribution in [2.75, 3.05) is 91.9 Å². The molecule has 3 aromatic rings. The number of nitrogens with one attached hydrogen (secondary N) is 1. The summed E-state index contributed by atoms with van der Waals surface area (Å²) in [4.78, 5) is 73.6. The molecule has 1 saturated heterocycles. The fourth-order valence-corrected chi connectivity index (χ4v) is 7.91. The highest BCUT2D eigenvalue weighted by Gasteiger charge is 2.54. The van der Waals surface area contributed by atoms with Crippen molar-refractivity contribution in [3.8, 4) is 23.0 Å². The Labute approximate surface area is 403 Å². The molecule has 3 N–H and O–H groups in total. The van der Waals surface area contributed by atoms with Crippen LogP contribution in [0.3, 0.4) is 0 Å². The number of esters is 1. The molecule has 6 rings (SSSR count). The number of phenolic OH excluding ortho intramolecular Hbond substituents is 2. The van der Waals surface area contributed by atoms with Crippen LogP contribution in [-0.2, 0) is 34.0 Å². The summed E-state index contributed by atoms with van der Waals surface area (Å²) in [5.74, 6) is -0.673. The van der Waals surface area contributed by atoms with Crippen LogP contribution in [0.5, 0.6) is 23.0 Å². The lowest BCUT2D eigenvalue weighted by Crippen LogP contribution is -2.51. The number of ether oxygens (including phenoxy) is 7. The Morgan fingerprint density at radius 1 is 0.594 bits per heavy atom. The van der Waals surface area contributed by atoms with Crippen LogP contribution in [0.1, 0.15) is 99.7 Å². The van der Waals surface area contributed by atoms with Gasteiger partial charge >= 0.3 is 24.2 Å². The van der Waals surface area contributed by atoms with Crippen LogP contribution in [0.2, 0.25) is 0 Å². The molecule has 19 nitrogen and oxygen atoms in total. The molecule has 3 aliphatic rings. The fourth-order valence-electron chi connectivity index (χ4n) is 7.91. The summed E-state index contributed by atoms with van der Waals surface area (Å²) in [6, 6.07) is 13.7. The van der Waals surface area contributed by atoms with Gasteiger partial charge in [-0.25, -0.2) is 19.2 Å². The average molecular weight is 962 g/mol. The molecule has 3 aliphatic heterocycles. The van der Waals surface area contributed by atoms with Gasteiger partial charge in [-0.15, -0.1) is 0 Å². The normalized spacial score (nSPS) is 16.5. The Morgan fingerprint density at radius 2 is 1.03 bits per heavy atom. The molecule has 0 unspecified atom stereocenters. The van der Waals surface area contributed by atoms with Crippen LogP contribution < -0.4 is 10.1 Å². The number of carbonyl (C=O) groups is 5. The highest BCUT2D eigenvalue weighted by molar-refractivity contribution is 6.01. The van der Waals surface area contributed by atoms with Gasteiger partial charge in [0.15, 0.2) is 5.60 Å². The Balaban J connectivity index is 1.01. The summed E-state index contributed by atoms with van der Waals surface area (Å²) in [5.41, 5.74) is -1.79. The maximum absolute atomic E-state index is 13.5. The Kier molecular flexibility index (Phi) is 16.3. The molecule has 3 heterocycles. The van der Waals surface area contributed by atoms with E-state index < -0.39 is 52.6 Å². The van der Waals surface area contributed by atoms with E-state index in [-0.39, 0.29) is 99.8 Å². The van der Waals surface area contributed by atoms with Gasteiger partial charge in [0, 0.05) is 99.8 Å². The molecular formula is C50H67N5O14. The molecule has 0 aliphatic carbocycles. The quantitative estimate of drug-likeness (QED) is 0.113. The zero-order chi connectivity index (χ0) is 50.3. The van der Waals surface area contributed by atoms with Crippen LogP contribution in [0.15, 0.2) is 54.6 Å². The third-order valence-electron chi connectivity index (χ3n) is 11.1. The predicted molar refractivity (Wildman–Crippen MR) is 252 cm³/mol. The molecular weight excluding hydrogens is 895 g/mol. The van der Waals surface area contributed by atoms with Crippen molar-refractivity contribution in [3.63, 3.8) is 0 Å². The number of rotatable bonds is 10. The number of hydrogen-bond donors (Lipinski definition) is 3. The SMILES string of the molecule is CC(C)(C)OC(=O)N1CCN(CCOCCOCCNC(=O)c2ccc3c(c2)C(=O)OC32c3ccc(O)cc3Oc3cc(O)ccc32)CCN(C(=O)OC(C)(C)C)CCN(C(=O)OC(C)(C)C)CC1. The summed E-state index contributed by atoms with van der Waals surface area (Å²) in [7, 11) is 0. The lowest BCUT2D eigenvalue weighted by atomic mass is 9.77. The van der Waals surface area contributed by atoms with Crippen molar-refractivity contribution in [2.45, 2.75) is 84.7 Å². The van der Waals surface area contributed by atoms with Gasteiger partial charge in [-0.2, -0.15) is 0 Å². The highest BCUT2D eigenvalue weighted by Crippen LogP contribution is 2.57. The number of nitrogens with zero attached hydrogens (tertiary/aromatic N) is 4. The standard InChI is InChI=1S/C50H67N5O14/c1-47(2,3)67-44(60)53-19-17-52(18-20-54(45(61)68-48(4,5)6)22-24-55(23-21-53)46(62)69-49(7,8)9)25-27-64-29-28-63-26-16-51-42(58)33-10-13-37-36(30-33)43(59)66-50(37)38-14-11-34(56)31-40(38)65-41-32-35(57)12-15-39(41)50/h10-15,30-32,56-57H,16-29H2,1-9H3,(H,51,58). The highest BCUT2D eigenvalue weighted by atomic mass is 16.6. The second kappa shape index (κ2) is 21.5. The first-order valence-electron chi connectivity index (χ1n) is 23.2. The first kappa shape index (κ1) is 52.1. The zero-order valence-corrected chi connectivity index (χ0v) is 41.2. The minimum absolute atomic E-state index is 0.0551. The second-order valence-electron chi connectivity index (χ2n) is 20.0. The molecule has 0 saturated carbocycles. The van der Waals surface area contributed by atoms with E-state index in [9.17, 15) is 34.2 Å². The molecule has 1 spiro atoms. The number of amides is 4. The molecule has 376 valence electrons. The third-order valence-corrected chi connectivity index (χ3v) is 11.1. The first-order chi connectivity index (χ1) is 32.4. The van der Waals surface area contributed by atoms with Crippen molar-refractivity contribution in [1.82, 2.24) is 24.9 Å². The van der Waals surface area contributed by atoms with Crippen LogP contribution in [0.25, 0.3) is 0 Å². The average Bonchev–Trinajstić information content (AvgIpc) is 3.52. The van der Waals surface area contributed by atoms with Gasteiger partial charge in [-0.1, -0.05) is 6.07 Å². The summed E-state index contributed by atoms with van der Waals surface area (Å²) >= 11 is 0. The third kappa shape index (κ3) is 13.7. The molecule has 0 aromatic heterocycles. The number of hydrogen-bond acceptors (Lipinski definition) is 15. The van der Waals surface area contributed by atoms with E-state index in [4.69, 9.17) is 33.2 Å². The monoisotopic (exact) mass is 961 g/mol. The first-order valence-corrected chi connectivity index (χ1v) is 23.2. The summed E-state index contributed by atoms with van der Waals surface area (Å²) in [5, 5.41) is 23.2. The van der Waals surface area contributed by atoms with Gasteiger partial charge in [0.1, 0.15) is 39.8 Å². The van der Waals surface area contributed by atoms with Crippen molar-refractivity contribution in [3.05, 3.63) is 82.4 Å². The molecule has 0 radical (unpaired) electrons. The van der Waals surface area contributed by atoms with Crippen LogP contribution in [0.4, 0.5) is 14.4 Å². The molecule has 69 heavy (non-hydrogen) atoms. The van der Waals surface area contributed by atoms with E-state index in [2.05, 4.69) is 10.2 Å².